The number of ether oxygens (including phenoxy) is 2. The van der Waals surface area contributed by atoms with Gasteiger partial charge in [0.05, 0.1) is 11.5 Å². The highest BCUT2D eigenvalue weighted by atomic mass is 16.6. The van der Waals surface area contributed by atoms with E-state index in [-0.39, 0.29) is 25.0 Å². The average molecular weight is 488 g/mol. The van der Waals surface area contributed by atoms with Crippen LogP contribution < -0.4 is 5.73 Å². The largest absolute Gasteiger partial charge is 0.481 e. The summed E-state index contributed by atoms with van der Waals surface area (Å²) in [6.45, 7) is 8.14. The first-order chi connectivity index (χ1) is 16.2. The Morgan fingerprint density at radius 3 is 2.09 bits per heavy atom. The molecular weight excluding hydrogens is 454 g/mol. The van der Waals surface area contributed by atoms with Gasteiger partial charge in [0.25, 0.3) is 0 Å². The van der Waals surface area contributed by atoms with Crippen LogP contribution in [-0.4, -0.2) is 45.2 Å². The van der Waals surface area contributed by atoms with Gasteiger partial charge < -0.3 is 25.4 Å². The van der Waals surface area contributed by atoms with Crippen molar-refractivity contribution in [3.8, 4) is 0 Å². The smallest absolute Gasteiger partial charge is 0.331 e. The molecular formula is C26H33NO8. The van der Waals surface area contributed by atoms with Crippen LogP contribution in [0.4, 0.5) is 0 Å². The first kappa shape index (κ1) is 26.4. The molecule has 9 nitrogen and oxygen atoms in total. The van der Waals surface area contributed by atoms with Crippen LogP contribution in [0.1, 0.15) is 53.0 Å². The number of fused-ring (bicyclic) bond motifs is 1. The third-order valence-electron chi connectivity index (χ3n) is 7.50. The Labute approximate surface area is 204 Å². The molecule has 1 unspecified atom stereocenters. The minimum absolute atomic E-state index is 0.0222. The molecule has 0 aromatic heterocycles. The van der Waals surface area contributed by atoms with Gasteiger partial charge in [-0.2, -0.15) is 0 Å². The summed E-state index contributed by atoms with van der Waals surface area (Å²) in [5.74, 6) is -7.17. The number of aliphatic carboxylic acids is 2. The quantitative estimate of drug-likeness (QED) is 0.285. The molecule has 35 heavy (non-hydrogen) atoms. The first-order valence-corrected chi connectivity index (χ1v) is 11.7. The van der Waals surface area contributed by atoms with E-state index in [4.69, 9.17) is 15.2 Å². The maximum atomic E-state index is 13.7. The van der Waals surface area contributed by atoms with Crippen molar-refractivity contribution in [2.75, 3.05) is 0 Å². The third kappa shape index (κ3) is 3.73. The predicted octanol–water partition coefficient (Wildman–Crippen LogP) is 2.92. The Kier molecular flexibility index (Phi) is 6.63. The second-order valence-electron chi connectivity index (χ2n) is 10.3. The molecule has 190 valence electrons. The maximum absolute atomic E-state index is 13.7. The number of rotatable bonds is 8. The lowest BCUT2D eigenvalue weighted by Crippen LogP contribution is -2.64. The number of carboxylic acids is 2. The van der Waals surface area contributed by atoms with E-state index in [9.17, 15) is 29.4 Å². The van der Waals surface area contributed by atoms with Gasteiger partial charge in [-0.05, 0) is 44.7 Å². The van der Waals surface area contributed by atoms with Crippen LogP contribution in [0.5, 0.6) is 0 Å². The number of nitrogens with two attached hydrogens (primary N) is 1. The Bertz CT molecular complexity index is 1070. The highest BCUT2D eigenvalue weighted by Gasteiger charge is 2.92. The van der Waals surface area contributed by atoms with Gasteiger partial charge in [-0.1, -0.05) is 44.2 Å². The van der Waals surface area contributed by atoms with Crippen molar-refractivity contribution in [3.05, 3.63) is 47.5 Å². The van der Waals surface area contributed by atoms with E-state index >= 15 is 0 Å². The van der Waals surface area contributed by atoms with Crippen molar-refractivity contribution in [2.45, 2.75) is 65.2 Å². The zero-order valence-corrected chi connectivity index (χ0v) is 20.7. The van der Waals surface area contributed by atoms with Crippen LogP contribution in [-0.2, 0) is 35.3 Å². The second kappa shape index (κ2) is 8.78. The van der Waals surface area contributed by atoms with Crippen LogP contribution in [0.3, 0.4) is 0 Å². The summed E-state index contributed by atoms with van der Waals surface area (Å²) >= 11 is 0. The number of hydrogen-bond donors (Lipinski definition) is 3. The Morgan fingerprint density at radius 1 is 1.06 bits per heavy atom. The molecule has 3 rings (SSSR count). The van der Waals surface area contributed by atoms with E-state index in [1.54, 1.807) is 58.9 Å². The fraction of sp³-hybridized carbons (Fsp3) is 0.538. The molecule has 0 spiro atoms. The van der Waals surface area contributed by atoms with Gasteiger partial charge in [0.1, 0.15) is 12.2 Å². The number of carbonyl (C=O) groups is 4. The molecule has 0 aliphatic heterocycles. The lowest BCUT2D eigenvalue weighted by atomic mass is 9.55. The van der Waals surface area contributed by atoms with Gasteiger partial charge >= 0.3 is 23.9 Å². The molecule has 2 saturated carbocycles. The minimum Gasteiger partial charge on any atom is -0.481 e. The summed E-state index contributed by atoms with van der Waals surface area (Å²) in [5.41, 5.74) is 0.692. The van der Waals surface area contributed by atoms with Crippen LogP contribution in [0.2, 0.25) is 0 Å². The summed E-state index contributed by atoms with van der Waals surface area (Å²) < 4.78 is 10.9. The lowest BCUT2D eigenvalue weighted by Gasteiger charge is -2.47. The Hall–Kier alpha value is -3.20. The molecule has 0 heterocycles. The molecule has 0 radical (unpaired) electrons. The normalized spacial score (nSPS) is 29.8. The van der Waals surface area contributed by atoms with Crippen LogP contribution in [0.15, 0.2) is 42.0 Å². The summed E-state index contributed by atoms with van der Waals surface area (Å²) in [7, 11) is 0. The summed E-state index contributed by atoms with van der Waals surface area (Å²) in [5, 5.41) is 20.5. The van der Waals surface area contributed by atoms with Crippen molar-refractivity contribution < 1.29 is 38.9 Å². The highest BCUT2D eigenvalue weighted by Crippen LogP contribution is 2.79. The third-order valence-corrected chi connectivity index (χ3v) is 7.50. The fourth-order valence-corrected chi connectivity index (χ4v) is 6.10. The van der Waals surface area contributed by atoms with Crippen molar-refractivity contribution in [2.24, 2.45) is 28.4 Å². The molecule has 1 aromatic rings. The number of carboxylic acid groups (broad SMARTS) is 2. The summed E-state index contributed by atoms with van der Waals surface area (Å²) in [4.78, 5) is 51.7. The molecule has 0 bridgehead atoms. The zero-order valence-electron chi connectivity index (χ0n) is 20.7. The van der Waals surface area contributed by atoms with E-state index in [0.717, 1.165) is 11.6 Å². The van der Waals surface area contributed by atoms with E-state index in [1.807, 2.05) is 6.07 Å². The number of hydrogen-bond acceptors (Lipinski definition) is 7. The molecule has 0 saturated heterocycles. The van der Waals surface area contributed by atoms with Gasteiger partial charge in [-0.15, -0.1) is 0 Å². The second-order valence-corrected chi connectivity index (χ2v) is 10.3. The number of carbonyl (C=O) groups excluding carboxylic acids is 2. The molecule has 4 N–H and O–H groups in total. The Morgan fingerprint density at radius 2 is 1.63 bits per heavy atom. The summed E-state index contributed by atoms with van der Waals surface area (Å²) in [6, 6.07) is 8.98. The van der Waals surface area contributed by atoms with Crippen LogP contribution in [0.25, 0.3) is 0 Å². The average Bonchev–Trinajstić information content (AvgIpc) is 3.34. The monoisotopic (exact) mass is 487 g/mol. The van der Waals surface area contributed by atoms with Crippen LogP contribution >= 0.6 is 0 Å². The van der Waals surface area contributed by atoms with E-state index < -0.39 is 57.7 Å². The Balaban J connectivity index is 2.17. The van der Waals surface area contributed by atoms with E-state index in [1.165, 1.54) is 0 Å². The minimum atomic E-state index is -2.41. The van der Waals surface area contributed by atoms with Gasteiger partial charge in [0.15, 0.2) is 5.41 Å². The van der Waals surface area contributed by atoms with Gasteiger partial charge in [0.2, 0.25) is 0 Å². The first-order valence-electron chi connectivity index (χ1n) is 11.7. The zero-order chi connectivity index (χ0) is 26.4. The van der Waals surface area contributed by atoms with Crippen molar-refractivity contribution in [1.82, 2.24) is 0 Å². The maximum Gasteiger partial charge on any atom is 0.331 e. The van der Waals surface area contributed by atoms with E-state index in [2.05, 4.69) is 0 Å². The lowest BCUT2D eigenvalue weighted by molar-refractivity contribution is -0.189. The molecule has 2 aliphatic rings. The SMILES string of the molecule is CCC1(CC)C(=CC(=O)OCc2ccccc2)C2[C@H](C(=O)O)[C@]2(N)[C@@]1(C(=O)O)C(=O)OC(C)(C)C. The summed E-state index contributed by atoms with van der Waals surface area (Å²) in [6.07, 6.45) is 1.38. The predicted molar refractivity (Wildman–Crippen MR) is 125 cm³/mol. The van der Waals surface area contributed by atoms with Crippen molar-refractivity contribution in [1.29, 1.82) is 0 Å². The number of benzene rings is 1. The van der Waals surface area contributed by atoms with Crippen LogP contribution in [0, 0.1) is 22.7 Å². The van der Waals surface area contributed by atoms with Crippen molar-refractivity contribution >= 4 is 23.9 Å². The molecule has 2 fully saturated rings. The number of esters is 2. The topological polar surface area (TPSA) is 153 Å². The standard InChI is InChI=1S/C26H33NO8/c1-6-24(7-2)16(13-17(28)34-14-15-11-9-8-10-12-15)18-19(20(29)30)26(18,27)25(24,21(31)32)22(33)35-23(3,4)5/h8-13,18-19H,6-7,14,27H2,1-5H3,(H,29,30)(H,31,32)/t18?,19-,25+,26+/m1/s1. The molecule has 0 amide bonds. The molecule has 2 aliphatic carbocycles. The van der Waals surface area contributed by atoms with Gasteiger partial charge in [-0.3, -0.25) is 14.4 Å². The van der Waals surface area contributed by atoms with Gasteiger partial charge in [-0.25, -0.2) is 4.79 Å². The van der Waals surface area contributed by atoms with Crippen molar-refractivity contribution in [3.63, 3.8) is 0 Å². The fourth-order valence-electron chi connectivity index (χ4n) is 6.10. The highest BCUT2D eigenvalue weighted by molar-refractivity contribution is 6.08. The molecule has 4 atom stereocenters. The van der Waals surface area contributed by atoms with Gasteiger partial charge in [0, 0.05) is 17.4 Å². The molecule has 1 aromatic carbocycles. The molecule has 9 heteroatoms. The van der Waals surface area contributed by atoms with E-state index in [0.29, 0.717) is 0 Å².